The van der Waals surface area contributed by atoms with Gasteiger partial charge in [-0.05, 0) is 31.2 Å². The number of nitrogens with zero attached hydrogens (tertiary/aromatic N) is 1. The molecule has 0 aliphatic carbocycles. The average molecular weight is 349 g/mol. The first-order valence-electron chi connectivity index (χ1n) is 6.24. The molecule has 21 heavy (non-hydrogen) atoms. The summed E-state index contributed by atoms with van der Waals surface area (Å²) in [4.78, 5) is 4.75. The third-order valence-corrected chi connectivity index (χ3v) is 5.02. The molecule has 0 N–H and O–H groups in total. The Kier molecular flexibility index (Phi) is 4.55. The van der Waals surface area contributed by atoms with E-state index in [4.69, 9.17) is 0 Å². The van der Waals surface area contributed by atoms with E-state index in [1.165, 1.54) is 0 Å². The number of hydrogen-bond acceptors (Lipinski definition) is 3. The van der Waals surface area contributed by atoms with Crippen molar-refractivity contribution in [2.24, 2.45) is 0 Å². The Bertz CT molecular complexity index is 869. The van der Waals surface area contributed by atoms with Crippen LogP contribution in [0.15, 0.2) is 70.6 Å². The van der Waals surface area contributed by atoms with E-state index in [-0.39, 0.29) is 24.4 Å². The molecule has 0 spiro atoms. The first-order valence-corrected chi connectivity index (χ1v) is 7.73. The van der Waals surface area contributed by atoms with Crippen LogP contribution in [-0.2, 0) is 29.3 Å². The van der Waals surface area contributed by atoms with Crippen molar-refractivity contribution >= 4 is 20.7 Å². The number of sulfone groups is 1. The number of hydrogen-bond donors (Lipinski definition) is 0. The first kappa shape index (κ1) is 15.8. The van der Waals surface area contributed by atoms with Crippen molar-refractivity contribution in [2.75, 3.05) is 0 Å². The van der Waals surface area contributed by atoms with Gasteiger partial charge < -0.3 is 0 Å². The number of fused-ring (bicyclic) bond motifs is 1. The third-order valence-electron chi connectivity index (χ3n) is 3.22. The van der Waals surface area contributed by atoms with Crippen molar-refractivity contribution in [3.63, 3.8) is 0 Å². The fraction of sp³-hybridized carbons (Fsp3) is 0.0625. The Morgan fingerprint density at radius 3 is 2.29 bits per heavy atom. The quantitative estimate of drug-likeness (QED) is 0.667. The summed E-state index contributed by atoms with van der Waals surface area (Å²) in [6.45, 7) is 1.93. The summed E-state index contributed by atoms with van der Waals surface area (Å²) in [6.07, 6.45) is 1.61. The zero-order valence-corrected chi connectivity index (χ0v) is 15.4. The Morgan fingerprint density at radius 1 is 0.905 bits per heavy atom. The maximum absolute atomic E-state index is 12.7. The molecule has 0 aliphatic rings. The van der Waals surface area contributed by atoms with E-state index >= 15 is 0 Å². The molecule has 3 aromatic rings. The van der Waals surface area contributed by atoms with Crippen molar-refractivity contribution in [3.8, 4) is 0 Å². The molecule has 3 nitrogen and oxygen atoms in total. The van der Waals surface area contributed by atoms with E-state index in [1.54, 1.807) is 48.7 Å². The van der Waals surface area contributed by atoms with Gasteiger partial charge in [-0.25, -0.2) is 8.42 Å². The maximum Gasteiger partial charge on any atom is 0.208 e. The second-order valence-electron chi connectivity index (χ2n) is 4.65. The molecule has 2 aromatic carbocycles. The molecule has 0 amide bonds. The molecule has 1 aromatic heterocycles. The van der Waals surface area contributed by atoms with Gasteiger partial charge in [-0.15, -0.1) is 0 Å². The molecule has 0 fully saturated rings. The van der Waals surface area contributed by atoms with Gasteiger partial charge in [-0.2, -0.15) is 0 Å². The molecule has 0 atom stereocenters. The average Bonchev–Trinajstić information content (AvgIpc) is 2.47. The molecular formula is C16H13NO2SZn. The fourth-order valence-corrected chi connectivity index (χ4v) is 3.57. The summed E-state index contributed by atoms with van der Waals surface area (Å²) in [5.74, 6) is 0. The van der Waals surface area contributed by atoms with E-state index in [1.807, 2.05) is 19.1 Å². The van der Waals surface area contributed by atoms with Gasteiger partial charge in [0.2, 0.25) is 9.84 Å². The predicted octanol–water partition coefficient (Wildman–Crippen LogP) is 3.37. The van der Waals surface area contributed by atoms with Crippen molar-refractivity contribution < 1.29 is 27.9 Å². The molecule has 0 bridgehead atoms. The maximum atomic E-state index is 12.7. The van der Waals surface area contributed by atoms with Crippen molar-refractivity contribution in [2.45, 2.75) is 16.7 Å². The molecule has 0 saturated heterocycles. The van der Waals surface area contributed by atoms with E-state index in [2.05, 4.69) is 4.98 Å². The minimum absolute atomic E-state index is 0. The van der Waals surface area contributed by atoms with Crippen LogP contribution in [0.5, 0.6) is 0 Å². The molecule has 1 heterocycles. The second-order valence-corrected chi connectivity index (χ2v) is 6.57. The van der Waals surface area contributed by atoms with Gasteiger partial charge in [0.1, 0.15) is 0 Å². The predicted molar refractivity (Wildman–Crippen MR) is 78.4 cm³/mol. The van der Waals surface area contributed by atoms with E-state index < -0.39 is 9.84 Å². The van der Waals surface area contributed by atoms with Crippen molar-refractivity contribution in [1.29, 1.82) is 0 Å². The first-order chi connectivity index (χ1) is 9.59. The van der Waals surface area contributed by atoms with E-state index in [0.29, 0.717) is 10.4 Å². The van der Waals surface area contributed by atoms with Crippen molar-refractivity contribution in [3.05, 3.63) is 66.4 Å². The van der Waals surface area contributed by atoms with Crippen molar-refractivity contribution in [1.82, 2.24) is 4.98 Å². The number of aromatic nitrogens is 1. The monoisotopic (exact) mass is 347 g/mol. The van der Waals surface area contributed by atoms with Gasteiger partial charge >= 0.3 is 0 Å². The minimum Gasteiger partial charge on any atom is -0.255 e. The zero-order chi connectivity index (χ0) is 14.2. The van der Waals surface area contributed by atoms with Crippen LogP contribution in [0.1, 0.15) is 5.56 Å². The van der Waals surface area contributed by atoms with E-state index in [9.17, 15) is 8.42 Å². The Morgan fingerprint density at radius 2 is 1.57 bits per heavy atom. The van der Waals surface area contributed by atoms with Gasteiger partial charge in [0, 0.05) is 31.1 Å². The van der Waals surface area contributed by atoms with Crippen LogP contribution in [0.2, 0.25) is 0 Å². The number of para-hydroxylation sites is 1. The summed E-state index contributed by atoms with van der Waals surface area (Å²) < 4.78 is 25.4. The normalized spacial score (nSPS) is 11.1. The van der Waals surface area contributed by atoms with Crippen LogP contribution < -0.4 is 0 Å². The van der Waals surface area contributed by atoms with Gasteiger partial charge in [0.05, 0.1) is 15.3 Å². The summed E-state index contributed by atoms with van der Waals surface area (Å²) in [5.41, 5.74) is 1.54. The van der Waals surface area contributed by atoms with Crippen LogP contribution in [0.25, 0.3) is 10.9 Å². The van der Waals surface area contributed by atoms with E-state index in [0.717, 1.165) is 10.9 Å². The SMILES string of the molecule is Cc1ccc(S(=O)(=O)c2cccc3cccnc23)cc1.[Zn]. The molecule has 102 valence electrons. The molecule has 0 aliphatic heterocycles. The largest absolute Gasteiger partial charge is 0.255 e. The smallest absolute Gasteiger partial charge is 0.208 e. The number of aryl methyl sites for hydroxylation is 1. The Labute approximate surface area is 136 Å². The minimum atomic E-state index is -3.54. The summed E-state index contributed by atoms with van der Waals surface area (Å²) in [7, 11) is -3.54. The van der Waals surface area contributed by atoms with Gasteiger partial charge in [0.25, 0.3) is 0 Å². The van der Waals surface area contributed by atoms with Crippen LogP contribution in [0.3, 0.4) is 0 Å². The molecule has 0 unspecified atom stereocenters. The number of pyridine rings is 1. The summed E-state index contributed by atoms with van der Waals surface area (Å²) >= 11 is 0. The van der Waals surface area contributed by atoms with Crippen LogP contribution in [0, 0.1) is 6.92 Å². The van der Waals surface area contributed by atoms with Gasteiger partial charge in [-0.3, -0.25) is 4.98 Å². The number of benzene rings is 2. The molecule has 0 radical (unpaired) electrons. The molecular weight excluding hydrogens is 336 g/mol. The summed E-state index contributed by atoms with van der Waals surface area (Å²) in [6, 6.07) is 15.7. The fourth-order valence-electron chi connectivity index (χ4n) is 2.14. The Hall–Kier alpha value is -1.58. The zero-order valence-electron chi connectivity index (χ0n) is 11.7. The van der Waals surface area contributed by atoms with Crippen LogP contribution >= 0.6 is 0 Å². The van der Waals surface area contributed by atoms with Gasteiger partial charge in [-0.1, -0.05) is 35.9 Å². The Balaban J connectivity index is 0.00000161. The third kappa shape index (κ3) is 2.90. The summed E-state index contributed by atoms with van der Waals surface area (Å²) in [5, 5.41) is 0.820. The second kappa shape index (κ2) is 6.04. The van der Waals surface area contributed by atoms with Crippen LogP contribution in [-0.4, -0.2) is 13.4 Å². The standard InChI is InChI=1S/C16H13NO2S.Zn/c1-12-7-9-14(10-8-12)20(18,19)15-6-2-4-13-5-3-11-17-16(13)15;/h2-11H,1H3;. The molecule has 3 rings (SSSR count). The molecule has 0 saturated carbocycles. The van der Waals surface area contributed by atoms with Gasteiger partial charge in [0.15, 0.2) is 0 Å². The van der Waals surface area contributed by atoms with Crippen LogP contribution in [0.4, 0.5) is 0 Å². The molecule has 5 heteroatoms. The number of rotatable bonds is 2. The topological polar surface area (TPSA) is 47.0 Å².